The van der Waals surface area contributed by atoms with Crippen molar-refractivity contribution in [1.29, 1.82) is 0 Å². The van der Waals surface area contributed by atoms with Gasteiger partial charge in [0.05, 0.1) is 11.0 Å². The van der Waals surface area contributed by atoms with E-state index in [-0.39, 0.29) is 18.0 Å². The van der Waals surface area contributed by atoms with Crippen molar-refractivity contribution in [3.63, 3.8) is 0 Å². The summed E-state index contributed by atoms with van der Waals surface area (Å²) in [6, 6.07) is 0. The first-order valence-electron chi connectivity index (χ1n) is 12.6. The molecule has 4 aliphatic rings. The van der Waals surface area contributed by atoms with Crippen LogP contribution in [-0.4, -0.2) is 30.3 Å². The lowest BCUT2D eigenvalue weighted by Crippen LogP contribution is -2.31. The van der Waals surface area contributed by atoms with Crippen LogP contribution in [0.1, 0.15) is 74.1 Å². The number of carbonyl (C=O) groups excluding carboxylic acids is 2. The van der Waals surface area contributed by atoms with Crippen LogP contribution in [0.4, 0.5) is 0 Å². The van der Waals surface area contributed by atoms with E-state index in [4.69, 9.17) is 14.2 Å². The minimum atomic E-state index is -0.577. The molecule has 2 saturated carbocycles. The van der Waals surface area contributed by atoms with Gasteiger partial charge in [0.15, 0.2) is 0 Å². The number of fused-ring (bicyclic) bond motifs is 4. The molecular weight excluding hydrogens is 440 g/mol. The Morgan fingerprint density at radius 1 is 0.971 bits per heavy atom. The van der Waals surface area contributed by atoms with E-state index in [0.29, 0.717) is 17.9 Å². The topological polar surface area (TPSA) is 61.8 Å². The van der Waals surface area contributed by atoms with Gasteiger partial charge in [-0.05, 0) is 109 Å². The molecule has 0 aromatic rings. The number of hydrogen-bond acceptors (Lipinski definition) is 5. The lowest BCUT2D eigenvalue weighted by molar-refractivity contribution is -0.155. The molecule has 0 saturated heterocycles. The first-order chi connectivity index (χ1) is 16.3. The molecule has 0 spiro atoms. The summed E-state index contributed by atoms with van der Waals surface area (Å²) in [6.45, 7) is 17.6. The standard InChI is InChI=1S/C30H38O5/c1-9-18(27(31)35-30(6,7)8)15-19-14-17(2)24(16-33-19)25-20-10-11-21(25)23-13-12-22(20)26(23)34-28(32)29(3,4)5/h9,14-15,25-26H,1,10-13,16H2,2-8H3/b18-15+. The predicted molar refractivity (Wildman–Crippen MR) is 136 cm³/mol. The third-order valence-electron chi connectivity index (χ3n) is 7.08. The van der Waals surface area contributed by atoms with Crippen molar-refractivity contribution in [2.24, 2.45) is 11.3 Å². The molecule has 4 bridgehead atoms. The van der Waals surface area contributed by atoms with Gasteiger partial charge >= 0.3 is 11.9 Å². The zero-order chi connectivity index (χ0) is 25.7. The van der Waals surface area contributed by atoms with Crippen molar-refractivity contribution in [3.8, 4) is 0 Å². The molecule has 188 valence electrons. The highest BCUT2D eigenvalue weighted by Crippen LogP contribution is 2.56. The van der Waals surface area contributed by atoms with Crippen molar-refractivity contribution < 1.29 is 23.8 Å². The molecule has 2 fully saturated rings. The first kappa shape index (κ1) is 25.3. The van der Waals surface area contributed by atoms with Gasteiger partial charge in [0, 0.05) is 5.92 Å². The summed E-state index contributed by atoms with van der Waals surface area (Å²) in [6.07, 6.45) is 9.02. The summed E-state index contributed by atoms with van der Waals surface area (Å²) in [7, 11) is 0. The summed E-state index contributed by atoms with van der Waals surface area (Å²) in [5.74, 6) is 0.322. The van der Waals surface area contributed by atoms with E-state index in [1.165, 1.54) is 33.9 Å². The number of hydrogen-bond donors (Lipinski definition) is 0. The van der Waals surface area contributed by atoms with Crippen LogP contribution in [0.25, 0.3) is 0 Å². The van der Waals surface area contributed by atoms with Crippen molar-refractivity contribution in [2.45, 2.75) is 85.9 Å². The second-order valence-electron chi connectivity index (χ2n) is 11.9. The van der Waals surface area contributed by atoms with Crippen molar-refractivity contribution in [3.05, 3.63) is 69.6 Å². The highest BCUT2D eigenvalue weighted by atomic mass is 16.6. The van der Waals surface area contributed by atoms with Crippen LogP contribution in [0.15, 0.2) is 69.6 Å². The second-order valence-corrected chi connectivity index (χ2v) is 11.9. The maximum absolute atomic E-state index is 12.6. The van der Waals surface area contributed by atoms with Gasteiger partial charge in [-0.3, -0.25) is 4.79 Å². The lowest BCUT2D eigenvalue weighted by atomic mass is 9.79. The quantitative estimate of drug-likeness (QED) is 0.197. The van der Waals surface area contributed by atoms with Gasteiger partial charge in [0.1, 0.15) is 24.1 Å². The van der Waals surface area contributed by atoms with E-state index in [0.717, 1.165) is 31.3 Å². The fourth-order valence-corrected chi connectivity index (χ4v) is 5.42. The number of esters is 2. The SMILES string of the molecule is C=C/C(=C\C1=CC(C)=C(C2C3=C4CCC(=C2CC3)C4OC(=O)C(C)(C)C)CO1)C(=O)OC(C)(C)C. The Morgan fingerprint density at radius 2 is 1.54 bits per heavy atom. The first-order valence-corrected chi connectivity index (χ1v) is 12.6. The maximum Gasteiger partial charge on any atom is 0.338 e. The van der Waals surface area contributed by atoms with Gasteiger partial charge in [-0.25, -0.2) is 4.79 Å². The van der Waals surface area contributed by atoms with Crippen LogP contribution in [0, 0.1) is 11.3 Å². The van der Waals surface area contributed by atoms with E-state index in [9.17, 15) is 9.59 Å². The molecule has 35 heavy (non-hydrogen) atoms. The van der Waals surface area contributed by atoms with Gasteiger partial charge in [0.2, 0.25) is 0 Å². The van der Waals surface area contributed by atoms with Crippen molar-refractivity contribution in [2.75, 3.05) is 6.61 Å². The van der Waals surface area contributed by atoms with Crippen molar-refractivity contribution in [1.82, 2.24) is 0 Å². The Balaban J connectivity index is 1.61. The number of ether oxygens (including phenoxy) is 3. The average molecular weight is 479 g/mol. The molecule has 3 aliphatic carbocycles. The van der Waals surface area contributed by atoms with Crippen LogP contribution in [-0.2, 0) is 23.8 Å². The molecule has 0 N–H and O–H groups in total. The highest BCUT2D eigenvalue weighted by Gasteiger charge is 2.47. The van der Waals surface area contributed by atoms with Crippen LogP contribution in [0.3, 0.4) is 0 Å². The third kappa shape index (κ3) is 4.96. The third-order valence-corrected chi connectivity index (χ3v) is 7.08. The van der Waals surface area contributed by atoms with Crippen LogP contribution in [0.2, 0.25) is 0 Å². The molecule has 5 nitrogen and oxygen atoms in total. The Labute approximate surface area is 209 Å². The molecular formula is C30H38O5. The largest absolute Gasteiger partial charge is 0.489 e. The molecule has 0 unspecified atom stereocenters. The summed E-state index contributed by atoms with van der Waals surface area (Å²) in [5, 5.41) is 0. The van der Waals surface area contributed by atoms with Crippen LogP contribution < -0.4 is 0 Å². The van der Waals surface area contributed by atoms with Gasteiger partial charge in [0.25, 0.3) is 0 Å². The monoisotopic (exact) mass is 478 g/mol. The van der Waals surface area contributed by atoms with Gasteiger partial charge in [-0.2, -0.15) is 0 Å². The van der Waals surface area contributed by atoms with E-state index < -0.39 is 17.0 Å². The molecule has 5 heteroatoms. The van der Waals surface area contributed by atoms with Gasteiger partial charge < -0.3 is 14.2 Å². The second kappa shape index (κ2) is 9.00. The normalized spacial score (nSPS) is 24.4. The molecule has 0 aromatic carbocycles. The van der Waals surface area contributed by atoms with E-state index >= 15 is 0 Å². The fraction of sp³-hybridized carbons (Fsp3) is 0.533. The molecule has 0 aromatic heterocycles. The number of carbonyl (C=O) groups is 2. The Kier molecular flexibility index (Phi) is 6.50. The van der Waals surface area contributed by atoms with Crippen LogP contribution in [0.5, 0.6) is 0 Å². The van der Waals surface area contributed by atoms with Gasteiger partial charge in [-0.1, -0.05) is 23.8 Å². The van der Waals surface area contributed by atoms with E-state index in [2.05, 4.69) is 13.5 Å². The molecule has 0 radical (unpaired) electrons. The van der Waals surface area contributed by atoms with E-state index in [1.807, 2.05) is 47.6 Å². The summed E-state index contributed by atoms with van der Waals surface area (Å²) < 4.78 is 17.6. The maximum atomic E-state index is 12.6. The Bertz CT molecular complexity index is 1090. The van der Waals surface area contributed by atoms with Gasteiger partial charge in [-0.15, -0.1) is 0 Å². The fourth-order valence-electron chi connectivity index (χ4n) is 5.42. The molecule has 4 rings (SSSR count). The highest BCUT2D eigenvalue weighted by molar-refractivity contribution is 5.92. The van der Waals surface area contributed by atoms with E-state index in [1.54, 1.807) is 6.08 Å². The van der Waals surface area contributed by atoms with Crippen LogP contribution >= 0.6 is 0 Å². The summed E-state index contributed by atoms with van der Waals surface area (Å²) >= 11 is 0. The minimum Gasteiger partial charge on any atom is -0.489 e. The molecule has 0 amide bonds. The zero-order valence-electron chi connectivity index (χ0n) is 22.2. The minimum absolute atomic E-state index is 0.141. The average Bonchev–Trinajstić information content (AvgIpc) is 3.24. The lowest BCUT2D eigenvalue weighted by Gasteiger charge is -2.32. The summed E-state index contributed by atoms with van der Waals surface area (Å²) in [5.41, 5.74) is 7.14. The number of allylic oxidation sites excluding steroid dienone is 5. The predicted octanol–water partition coefficient (Wildman–Crippen LogP) is 6.44. The Morgan fingerprint density at radius 3 is 2.03 bits per heavy atom. The zero-order valence-corrected chi connectivity index (χ0v) is 22.2. The van der Waals surface area contributed by atoms with Crippen molar-refractivity contribution >= 4 is 11.9 Å². The molecule has 1 aliphatic heterocycles. The molecule has 1 heterocycles. The number of rotatable bonds is 5. The Hall–Kier alpha value is -2.82. The molecule has 0 atom stereocenters. The smallest absolute Gasteiger partial charge is 0.338 e. The summed E-state index contributed by atoms with van der Waals surface area (Å²) in [4.78, 5) is 25.1.